The molecule has 0 aromatic heterocycles. The van der Waals surface area contributed by atoms with Crippen molar-refractivity contribution < 1.29 is 0 Å². The molecule has 2 nitrogen and oxygen atoms in total. The predicted molar refractivity (Wildman–Crippen MR) is 86.9 cm³/mol. The fourth-order valence-electron chi connectivity index (χ4n) is 2.23. The fourth-order valence-corrected chi connectivity index (χ4v) is 2.43. The number of nitrogen functional groups attached to an aromatic ring is 1. The van der Waals surface area contributed by atoms with Crippen LogP contribution >= 0.6 is 11.6 Å². The summed E-state index contributed by atoms with van der Waals surface area (Å²) in [5.74, 6) is 0. The quantitative estimate of drug-likeness (QED) is 0.844. The van der Waals surface area contributed by atoms with E-state index in [-0.39, 0.29) is 0 Å². The molecule has 0 saturated carbocycles. The molecule has 1 unspecified atom stereocenters. The van der Waals surface area contributed by atoms with Crippen molar-refractivity contribution in [2.24, 2.45) is 0 Å². The largest absolute Gasteiger partial charge is 0.399 e. The Morgan fingerprint density at radius 1 is 1.20 bits per heavy atom. The molecular formula is C17H21ClN2. The number of hydrogen-bond donors (Lipinski definition) is 1. The normalized spacial score (nSPS) is 12.7. The van der Waals surface area contributed by atoms with E-state index >= 15 is 0 Å². The summed E-state index contributed by atoms with van der Waals surface area (Å²) in [6.07, 6.45) is 0. The van der Waals surface area contributed by atoms with Gasteiger partial charge in [0.15, 0.2) is 0 Å². The summed E-state index contributed by atoms with van der Waals surface area (Å²) < 4.78 is 0. The van der Waals surface area contributed by atoms with Crippen molar-refractivity contribution >= 4 is 17.3 Å². The SMILES string of the molecule is Cc1ccc(CN(C)C(C)c2cccc(Cl)c2)cc1N. The van der Waals surface area contributed by atoms with E-state index in [1.165, 1.54) is 11.1 Å². The summed E-state index contributed by atoms with van der Waals surface area (Å²) in [5, 5.41) is 0.780. The highest BCUT2D eigenvalue weighted by Gasteiger charge is 2.12. The highest BCUT2D eigenvalue weighted by molar-refractivity contribution is 6.30. The third-order valence-corrected chi connectivity index (χ3v) is 4.00. The molecule has 0 aliphatic carbocycles. The number of rotatable bonds is 4. The van der Waals surface area contributed by atoms with Gasteiger partial charge in [0, 0.05) is 23.3 Å². The zero-order valence-corrected chi connectivity index (χ0v) is 13.0. The minimum Gasteiger partial charge on any atom is -0.399 e. The first-order valence-electron chi connectivity index (χ1n) is 6.78. The van der Waals surface area contributed by atoms with Crippen LogP contribution < -0.4 is 5.73 Å². The van der Waals surface area contributed by atoms with Gasteiger partial charge in [-0.2, -0.15) is 0 Å². The molecule has 2 rings (SSSR count). The Labute approximate surface area is 126 Å². The topological polar surface area (TPSA) is 29.3 Å². The number of nitrogens with zero attached hydrogens (tertiary/aromatic N) is 1. The van der Waals surface area contributed by atoms with E-state index in [1.807, 2.05) is 25.1 Å². The van der Waals surface area contributed by atoms with Crippen LogP contribution in [-0.2, 0) is 6.54 Å². The summed E-state index contributed by atoms with van der Waals surface area (Å²) >= 11 is 6.06. The van der Waals surface area contributed by atoms with Gasteiger partial charge in [-0.3, -0.25) is 4.90 Å². The summed E-state index contributed by atoms with van der Waals surface area (Å²) in [6.45, 7) is 5.07. The van der Waals surface area contributed by atoms with Gasteiger partial charge in [0.25, 0.3) is 0 Å². The van der Waals surface area contributed by atoms with Gasteiger partial charge in [-0.05, 0) is 55.8 Å². The summed E-state index contributed by atoms with van der Waals surface area (Å²) in [4.78, 5) is 2.29. The van der Waals surface area contributed by atoms with Crippen molar-refractivity contribution in [3.05, 3.63) is 64.2 Å². The molecule has 106 valence electrons. The van der Waals surface area contributed by atoms with Crippen LogP contribution in [0.5, 0.6) is 0 Å². The fraction of sp³-hybridized carbons (Fsp3) is 0.294. The monoisotopic (exact) mass is 288 g/mol. The zero-order valence-electron chi connectivity index (χ0n) is 12.2. The van der Waals surface area contributed by atoms with Gasteiger partial charge < -0.3 is 5.73 Å². The van der Waals surface area contributed by atoms with Gasteiger partial charge in [-0.25, -0.2) is 0 Å². The Hall–Kier alpha value is -1.51. The average Bonchev–Trinajstić information content (AvgIpc) is 2.42. The Bertz CT molecular complexity index is 595. The highest BCUT2D eigenvalue weighted by atomic mass is 35.5. The minimum atomic E-state index is 0.302. The molecule has 0 spiro atoms. The molecule has 0 saturated heterocycles. The molecule has 3 heteroatoms. The van der Waals surface area contributed by atoms with Gasteiger partial charge in [0.05, 0.1) is 0 Å². The Balaban J connectivity index is 2.11. The molecule has 2 aromatic rings. The average molecular weight is 289 g/mol. The Morgan fingerprint density at radius 2 is 1.95 bits per heavy atom. The lowest BCUT2D eigenvalue weighted by Gasteiger charge is -2.25. The second kappa shape index (κ2) is 6.29. The van der Waals surface area contributed by atoms with Gasteiger partial charge in [-0.15, -0.1) is 0 Å². The lowest BCUT2D eigenvalue weighted by Crippen LogP contribution is -2.22. The molecule has 0 aliphatic heterocycles. The number of hydrogen-bond acceptors (Lipinski definition) is 2. The summed E-state index contributed by atoms with van der Waals surface area (Å²) in [6, 6.07) is 14.6. The Morgan fingerprint density at radius 3 is 2.60 bits per heavy atom. The zero-order chi connectivity index (χ0) is 14.7. The van der Waals surface area contributed by atoms with E-state index in [1.54, 1.807) is 0 Å². The van der Waals surface area contributed by atoms with Crippen LogP contribution in [0.1, 0.15) is 29.7 Å². The molecule has 0 amide bonds. The maximum Gasteiger partial charge on any atom is 0.0409 e. The number of aryl methyl sites for hydroxylation is 1. The standard InChI is InChI=1S/C17H21ClN2/c1-12-7-8-14(9-17(12)19)11-20(3)13(2)15-5-4-6-16(18)10-15/h4-10,13H,11,19H2,1-3H3. The van der Waals surface area contributed by atoms with Crippen molar-refractivity contribution in [3.8, 4) is 0 Å². The van der Waals surface area contributed by atoms with E-state index in [2.05, 4.69) is 43.1 Å². The van der Waals surface area contributed by atoms with E-state index in [0.29, 0.717) is 6.04 Å². The van der Waals surface area contributed by atoms with Gasteiger partial charge >= 0.3 is 0 Å². The lowest BCUT2D eigenvalue weighted by atomic mass is 10.1. The minimum absolute atomic E-state index is 0.302. The van der Waals surface area contributed by atoms with Crippen LogP contribution in [0, 0.1) is 6.92 Å². The van der Waals surface area contributed by atoms with Gasteiger partial charge in [-0.1, -0.05) is 35.9 Å². The predicted octanol–water partition coefficient (Wildman–Crippen LogP) is 4.42. The first-order valence-corrected chi connectivity index (χ1v) is 7.16. The third-order valence-electron chi connectivity index (χ3n) is 3.77. The Kier molecular flexibility index (Phi) is 4.69. The smallest absolute Gasteiger partial charge is 0.0409 e. The number of anilines is 1. The number of nitrogens with two attached hydrogens (primary N) is 1. The molecule has 0 heterocycles. The first-order chi connectivity index (χ1) is 9.47. The first kappa shape index (κ1) is 14.9. The van der Waals surface area contributed by atoms with Crippen molar-refractivity contribution in [2.45, 2.75) is 26.4 Å². The van der Waals surface area contributed by atoms with Crippen LogP contribution in [0.4, 0.5) is 5.69 Å². The third kappa shape index (κ3) is 3.53. The maximum absolute atomic E-state index is 6.06. The molecule has 0 aliphatic rings. The van der Waals surface area contributed by atoms with Crippen molar-refractivity contribution in [3.63, 3.8) is 0 Å². The second-order valence-corrected chi connectivity index (χ2v) is 5.77. The molecule has 0 radical (unpaired) electrons. The number of benzene rings is 2. The van der Waals surface area contributed by atoms with Crippen LogP contribution in [0.15, 0.2) is 42.5 Å². The van der Waals surface area contributed by atoms with Crippen LogP contribution in [0.25, 0.3) is 0 Å². The van der Waals surface area contributed by atoms with Crippen molar-refractivity contribution in [1.29, 1.82) is 0 Å². The molecule has 0 fully saturated rings. The van der Waals surface area contributed by atoms with Crippen LogP contribution in [0.3, 0.4) is 0 Å². The summed E-state index contributed by atoms with van der Waals surface area (Å²) in [5.41, 5.74) is 10.4. The van der Waals surface area contributed by atoms with E-state index in [0.717, 1.165) is 22.8 Å². The van der Waals surface area contributed by atoms with Crippen LogP contribution in [-0.4, -0.2) is 11.9 Å². The molecule has 2 N–H and O–H groups in total. The van der Waals surface area contributed by atoms with Gasteiger partial charge in [0.1, 0.15) is 0 Å². The molecule has 1 atom stereocenters. The van der Waals surface area contributed by atoms with E-state index in [9.17, 15) is 0 Å². The number of halogens is 1. The second-order valence-electron chi connectivity index (χ2n) is 5.34. The molecule has 20 heavy (non-hydrogen) atoms. The van der Waals surface area contributed by atoms with E-state index < -0.39 is 0 Å². The van der Waals surface area contributed by atoms with Gasteiger partial charge in [0.2, 0.25) is 0 Å². The van der Waals surface area contributed by atoms with Crippen molar-refractivity contribution in [2.75, 3.05) is 12.8 Å². The lowest BCUT2D eigenvalue weighted by molar-refractivity contribution is 0.253. The molecule has 0 bridgehead atoms. The molecule has 2 aromatic carbocycles. The highest BCUT2D eigenvalue weighted by Crippen LogP contribution is 2.24. The maximum atomic E-state index is 6.06. The van der Waals surface area contributed by atoms with Crippen molar-refractivity contribution in [1.82, 2.24) is 4.90 Å². The van der Waals surface area contributed by atoms with Crippen LogP contribution in [0.2, 0.25) is 5.02 Å². The van der Waals surface area contributed by atoms with E-state index in [4.69, 9.17) is 17.3 Å². The summed E-state index contributed by atoms with van der Waals surface area (Å²) in [7, 11) is 2.11. The molecular weight excluding hydrogens is 268 g/mol.